The van der Waals surface area contributed by atoms with Crippen LogP contribution in [0.15, 0.2) is 22.5 Å². The Bertz CT molecular complexity index is 678. The topological polar surface area (TPSA) is 85.4 Å². The zero-order valence-electron chi connectivity index (χ0n) is 13.8. The molecule has 0 unspecified atom stereocenters. The van der Waals surface area contributed by atoms with E-state index in [0.29, 0.717) is 24.6 Å². The molecule has 0 aliphatic carbocycles. The number of hydrogen-bond donors (Lipinski definition) is 2. The Hall–Kier alpha value is -1.84. The molecule has 7 nitrogen and oxygen atoms in total. The van der Waals surface area contributed by atoms with Gasteiger partial charge in [0.15, 0.2) is 4.34 Å². The summed E-state index contributed by atoms with van der Waals surface area (Å²) in [5.74, 6) is 0.775. The monoisotopic (exact) mass is 368 g/mol. The molecule has 0 fully saturated rings. The van der Waals surface area contributed by atoms with Crippen molar-refractivity contribution in [2.45, 2.75) is 11.3 Å². The molecule has 24 heavy (non-hydrogen) atoms. The number of carbonyl (C=O) groups excluding carboxylic acids is 1. The van der Waals surface area contributed by atoms with Crippen LogP contribution in [0.1, 0.15) is 5.56 Å². The number of amides is 1. The van der Waals surface area contributed by atoms with Crippen molar-refractivity contribution in [3.63, 3.8) is 0 Å². The van der Waals surface area contributed by atoms with Crippen LogP contribution in [-0.2, 0) is 9.53 Å². The second-order valence-corrected chi connectivity index (χ2v) is 7.03. The van der Waals surface area contributed by atoms with Crippen LogP contribution >= 0.6 is 23.1 Å². The number of nitrogens with one attached hydrogen (secondary N) is 2. The van der Waals surface area contributed by atoms with Gasteiger partial charge in [0.2, 0.25) is 11.0 Å². The highest BCUT2D eigenvalue weighted by Gasteiger charge is 2.11. The predicted octanol–water partition coefficient (Wildman–Crippen LogP) is 2.64. The Balaban J connectivity index is 1.84. The first-order valence-electron chi connectivity index (χ1n) is 7.26. The van der Waals surface area contributed by atoms with Gasteiger partial charge in [-0.2, -0.15) is 0 Å². The first kappa shape index (κ1) is 18.5. The summed E-state index contributed by atoms with van der Waals surface area (Å²) in [6.07, 6.45) is 0. The molecule has 9 heteroatoms. The molecular formula is C15H20N4O3S2. The van der Waals surface area contributed by atoms with Crippen molar-refractivity contribution in [2.24, 2.45) is 0 Å². The first-order chi connectivity index (χ1) is 11.6. The van der Waals surface area contributed by atoms with Crippen LogP contribution in [0.4, 0.5) is 10.8 Å². The number of hydrogen-bond acceptors (Lipinski definition) is 8. The van der Waals surface area contributed by atoms with Crippen molar-refractivity contribution in [3.8, 4) is 5.75 Å². The lowest BCUT2D eigenvalue weighted by Gasteiger charge is -2.10. The number of nitrogens with zero attached hydrogens (tertiary/aromatic N) is 2. The van der Waals surface area contributed by atoms with Gasteiger partial charge < -0.3 is 20.1 Å². The van der Waals surface area contributed by atoms with Crippen LogP contribution in [0, 0.1) is 6.92 Å². The number of carbonyl (C=O) groups is 1. The zero-order chi connectivity index (χ0) is 17.4. The van der Waals surface area contributed by atoms with Gasteiger partial charge in [0.05, 0.1) is 25.2 Å². The van der Waals surface area contributed by atoms with Gasteiger partial charge in [-0.1, -0.05) is 29.2 Å². The zero-order valence-corrected chi connectivity index (χ0v) is 15.4. The van der Waals surface area contributed by atoms with E-state index in [1.54, 1.807) is 14.2 Å². The molecule has 0 saturated carbocycles. The second-order valence-electron chi connectivity index (χ2n) is 4.83. The van der Waals surface area contributed by atoms with Crippen LogP contribution in [0.5, 0.6) is 5.75 Å². The lowest BCUT2D eigenvalue weighted by atomic mass is 10.2. The molecule has 1 aromatic carbocycles. The number of anilines is 2. The summed E-state index contributed by atoms with van der Waals surface area (Å²) >= 11 is 2.76. The summed E-state index contributed by atoms with van der Waals surface area (Å²) in [5.41, 5.74) is 1.72. The fraction of sp³-hybridized carbons (Fsp3) is 0.400. The molecule has 0 aliphatic rings. The van der Waals surface area contributed by atoms with Crippen molar-refractivity contribution >= 4 is 39.8 Å². The smallest absolute Gasteiger partial charge is 0.234 e. The molecule has 2 aromatic rings. The lowest BCUT2D eigenvalue weighted by Crippen LogP contribution is -2.14. The average Bonchev–Trinajstić information content (AvgIpc) is 3.01. The Labute approximate surface area is 149 Å². The number of benzene rings is 1. The summed E-state index contributed by atoms with van der Waals surface area (Å²) in [5, 5.41) is 14.7. The van der Waals surface area contributed by atoms with Gasteiger partial charge in [-0.25, -0.2) is 0 Å². The van der Waals surface area contributed by atoms with Gasteiger partial charge in [-0.05, 0) is 24.6 Å². The highest BCUT2D eigenvalue weighted by molar-refractivity contribution is 8.01. The number of ether oxygens (including phenoxy) is 2. The second kappa shape index (κ2) is 9.45. The highest BCUT2D eigenvalue weighted by atomic mass is 32.2. The fourth-order valence-electron chi connectivity index (χ4n) is 1.83. The van der Waals surface area contributed by atoms with Crippen LogP contribution in [0.3, 0.4) is 0 Å². The molecule has 0 spiro atoms. The minimum absolute atomic E-state index is 0.118. The number of methoxy groups -OCH3 is 2. The number of rotatable bonds is 9. The van der Waals surface area contributed by atoms with Crippen molar-refractivity contribution in [1.29, 1.82) is 0 Å². The molecule has 0 aliphatic heterocycles. The highest BCUT2D eigenvalue weighted by Crippen LogP contribution is 2.27. The predicted molar refractivity (Wildman–Crippen MR) is 97.4 cm³/mol. The van der Waals surface area contributed by atoms with Gasteiger partial charge in [-0.3, -0.25) is 4.79 Å². The van der Waals surface area contributed by atoms with E-state index in [0.717, 1.165) is 15.0 Å². The van der Waals surface area contributed by atoms with Gasteiger partial charge in [-0.15, -0.1) is 10.2 Å². The number of aromatic nitrogens is 2. The summed E-state index contributed by atoms with van der Waals surface area (Å²) in [7, 11) is 3.22. The maximum absolute atomic E-state index is 12.1. The molecule has 1 amide bonds. The molecule has 2 N–H and O–H groups in total. The van der Waals surface area contributed by atoms with Crippen molar-refractivity contribution < 1.29 is 14.3 Å². The first-order valence-corrected chi connectivity index (χ1v) is 9.06. The van der Waals surface area contributed by atoms with Crippen LogP contribution in [-0.4, -0.2) is 49.2 Å². The van der Waals surface area contributed by atoms with E-state index in [-0.39, 0.29) is 11.7 Å². The van der Waals surface area contributed by atoms with Crippen LogP contribution in [0.25, 0.3) is 0 Å². The SMILES string of the molecule is COCCNc1nnc(SCC(=O)Nc2cc(C)ccc2OC)s1. The average molecular weight is 368 g/mol. The molecule has 0 bridgehead atoms. The van der Waals surface area contributed by atoms with E-state index in [2.05, 4.69) is 20.8 Å². The molecule has 2 rings (SSSR count). The Morgan fingerprint density at radius 2 is 2.17 bits per heavy atom. The van der Waals surface area contributed by atoms with Crippen molar-refractivity contribution in [1.82, 2.24) is 10.2 Å². The van der Waals surface area contributed by atoms with E-state index >= 15 is 0 Å². The number of aryl methyl sites for hydroxylation is 1. The third kappa shape index (κ3) is 5.66. The van der Waals surface area contributed by atoms with Gasteiger partial charge >= 0.3 is 0 Å². The van der Waals surface area contributed by atoms with Crippen LogP contribution < -0.4 is 15.4 Å². The van der Waals surface area contributed by atoms with Gasteiger partial charge in [0.1, 0.15) is 5.75 Å². The number of thioether (sulfide) groups is 1. The summed E-state index contributed by atoms with van der Waals surface area (Å²) < 4.78 is 10.9. The minimum atomic E-state index is -0.118. The molecule has 130 valence electrons. The standard InChI is InChI=1S/C15H20N4O3S2/c1-10-4-5-12(22-3)11(8-10)17-13(20)9-23-15-19-18-14(24-15)16-6-7-21-2/h4-5,8H,6-7,9H2,1-3H3,(H,16,18)(H,17,20). The molecule has 0 saturated heterocycles. The molecular weight excluding hydrogens is 348 g/mol. The third-order valence-corrected chi connectivity index (χ3v) is 4.96. The maximum Gasteiger partial charge on any atom is 0.234 e. The fourth-order valence-corrected chi connectivity index (χ4v) is 3.41. The molecule has 0 atom stereocenters. The van der Waals surface area contributed by atoms with E-state index in [1.807, 2.05) is 25.1 Å². The van der Waals surface area contributed by atoms with E-state index < -0.39 is 0 Å². The van der Waals surface area contributed by atoms with Gasteiger partial charge in [0.25, 0.3) is 0 Å². The Morgan fingerprint density at radius 3 is 2.92 bits per heavy atom. The van der Waals surface area contributed by atoms with E-state index in [1.165, 1.54) is 23.1 Å². The normalized spacial score (nSPS) is 10.5. The molecule has 1 aromatic heterocycles. The third-order valence-electron chi connectivity index (χ3n) is 2.94. The molecule has 0 radical (unpaired) electrons. The quantitative estimate of drug-likeness (QED) is 0.520. The lowest BCUT2D eigenvalue weighted by molar-refractivity contribution is -0.113. The summed E-state index contributed by atoms with van der Waals surface area (Å²) in [6, 6.07) is 5.65. The van der Waals surface area contributed by atoms with Gasteiger partial charge in [0, 0.05) is 13.7 Å². The van der Waals surface area contributed by atoms with E-state index in [9.17, 15) is 4.79 Å². The Kier molecular flexibility index (Phi) is 7.29. The largest absolute Gasteiger partial charge is 0.495 e. The summed E-state index contributed by atoms with van der Waals surface area (Å²) in [4.78, 5) is 12.1. The summed E-state index contributed by atoms with van der Waals surface area (Å²) in [6.45, 7) is 3.23. The van der Waals surface area contributed by atoms with Crippen LogP contribution in [0.2, 0.25) is 0 Å². The molecule has 1 heterocycles. The minimum Gasteiger partial charge on any atom is -0.495 e. The van der Waals surface area contributed by atoms with Crippen molar-refractivity contribution in [3.05, 3.63) is 23.8 Å². The Morgan fingerprint density at radius 1 is 1.33 bits per heavy atom. The maximum atomic E-state index is 12.1. The van der Waals surface area contributed by atoms with E-state index in [4.69, 9.17) is 9.47 Å². The van der Waals surface area contributed by atoms with Crippen molar-refractivity contribution in [2.75, 3.05) is 43.8 Å².